The summed E-state index contributed by atoms with van der Waals surface area (Å²) in [5.41, 5.74) is 1.03. The number of nitrogens with one attached hydrogen (secondary N) is 3. The molecular formula is C21H31N3O3S. The number of methoxy groups -OCH3 is 1. The van der Waals surface area contributed by atoms with Crippen LogP contribution >= 0.6 is 11.8 Å². The van der Waals surface area contributed by atoms with E-state index in [1.54, 1.807) is 7.11 Å². The van der Waals surface area contributed by atoms with E-state index in [0.29, 0.717) is 11.3 Å². The standard InChI is InChI=1S/C21H31N3O3S/c1-26-19-5-3-2-4-17(19)22-14-6-7-16-18(12-14)23-20(24-21(16)25)13-28-15-8-10-27-11-9-15/h2-5,14-16,18,20,22-23H,6-13H2,1H3,(H,24,25). The smallest absolute Gasteiger partial charge is 0.225 e. The van der Waals surface area contributed by atoms with Gasteiger partial charge < -0.3 is 20.1 Å². The second kappa shape index (κ2) is 9.37. The lowest BCUT2D eigenvalue weighted by Gasteiger charge is -2.43. The van der Waals surface area contributed by atoms with Crippen molar-refractivity contribution in [1.82, 2.24) is 10.6 Å². The van der Waals surface area contributed by atoms with Crippen molar-refractivity contribution >= 4 is 23.4 Å². The molecular weight excluding hydrogens is 374 g/mol. The molecule has 7 heteroatoms. The number of carbonyl (C=O) groups excluding carboxylic acids is 1. The predicted molar refractivity (Wildman–Crippen MR) is 113 cm³/mol. The van der Waals surface area contributed by atoms with Crippen molar-refractivity contribution in [3.05, 3.63) is 24.3 Å². The van der Waals surface area contributed by atoms with Crippen LogP contribution in [0.15, 0.2) is 24.3 Å². The number of hydrogen-bond acceptors (Lipinski definition) is 6. The molecule has 0 aromatic heterocycles. The number of rotatable bonds is 6. The van der Waals surface area contributed by atoms with Crippen LogP contribution in [-0.2, 0) is 9.53 Å². The largest absolute Gasteiger partial charge is 0.495 e. The monoisotopic (exact) mass is 405 g/mol. The van der Waals surface area contributed by atoms with Gasteiger partial charge in [-0.3, -0.25) is 10.1 Å². The molecule has 1 amide bonds. The fraction of sp³-hybridized carbons (Fsp3) is 0.667. The highest BCUT2D eigenvalue weighted by Gasteiger charge is 2.40. The molecule has 4 atom stereocenters. The number of benzene rings is 1. The average molecular weight is 406 g/mol. The van der Waals surface area contributed by atoms with Crippen molar-refractivity contribution in [3.8, 4) is 5.75 Å². The molecule has 3 N–H and O–H groups in total. The maximum Gasteiger partial charge on any atom is 0.225 e. The lowest BCUT2D eigenvalue weighted by atomic mass is 9.79. The van der Waals surface area contributed by atoms with Gasteiger partial charge in [-0.05, 0) is 44.2 Å². The molecule has 1 aromatic carbocycles. The minimum absolute atomic E-state index is 0.0617. The first-order valence-corrected chi connectivity index (χ1v) is 11.4. The Kier molecular flexibility index (Phi) is 6.65. The Morgan fingerprint density at radius 3 is 2.86 bits per heavy atom. The minimum Gasteiger partial charge on any atom is -0.495 e. The molecule has 6 nitrogen and oxygen atoms in total. The van der Waals surface area contributed by atoms with Crippen LogP contribution in [0.25, 0.3) is 0 Å². The number of para-hydroxylation sites is 2. The highest BCUT2D eigenvalue weighted by Crippen LogP contribution is 2.32. The number of anilines is 1. The Morgan fingerprint density at radius 2 is 2.04 bits per heavy atom. The average Bonchev–Trinajstić information content (AvgIpc) is 2.73. The molecule has 0 spiro atoms. The van der Waals surface area contributed by atoms with Crippen LogP contribution < -0.4 is 20.7 Å². The van der Waals surface area contributed by atoms with Gasteiger partial charge in [-0.2, -0.15) is 11.8 Å². The molecule has 154 valence electrons. The van der Waals surface area contributed by atoms with E-state index in [2.05, 4.69) is 22.0 Å². The minimum atomic E-state index is 0.0617. The Morgan fingerprint density at radius 1 is 1.21 bits per heavy atom. The maximum atomic E-state index is 12.6. The van der Waals surface area contributed by atoms with Crippen molar-refractivity contribution in [1.29, 1.82) is 0 Å². The van der Waals surface area contributed by atoms with Crippen molar-refractivity contribution in [2.45, 2.75) is 55.6 Å². The van der Waals surface area contributed by atoms with Crippen LogP contribution in [-0.4, -0.2) is 55.5 Å². The Hall–Kier alpha value is -1.44. The van der Waals surface area contributed by atoms with Gasteiger partial charge in [0.05, 0.1) is 24.9 Å². The van der Waals surface area contributed by atoms with Crippen molar-refractivity contribution in [2.75, 3.05) is 31.4 Å². The first-order chi connectivity index (χ1) is 13.7. The van der Waals surface area contributed by atoms with Crippen LogP contribution in [0.2, 0.25) is 0 Å². The van der Waals surface area contributed by atoms with Crippen LogP contribution in [0.5, 0.6) is 5.75 Å². The van der Waals surface area contributed by atoms with Gasteiger partial charge in [0.1, 0.15) is 5.75 Å². The third-order valence-electron chi connectivity index (χ3n) is 6.05. The summed E-state index contributed by atoms with van der Waals surface area (Å²) < 4.78 is 10.9. The van der Waals surface area contributed by atoms with Crippen LogP contribution in [0.1, 0.15) is 32.1 Å². The van der Waals surface area contributed by atoms with Crippen molar-refractivity contribution in [2.24, 2.45) is 5.92 Å². The summed E-state index contributed by atoms with van der Waals surface area (Å²) in [5.74, 6) is 2.09. The van der Waals surface area contributed by atoms with Gasteiger partial charge in [-0.25, -0.2) is 0 Å². The van der Waals surface area contributed by atoms with Gasteiger partial charge in [0.2, 0.25) is 5.91 Å². The summed E-state index contributed by atoms with van der Waals surface area (Å²) in [6.07, 6.45) is 5.15. The van der Waals surface area contributed by atoms with Gasteiger partial charge in [-0.1, -0.05) is 12.1 Å². The second-order valence-corrected chi connectivity index (χ2v) is 9.27. The molecule has 3 aliphatic rings. The number of hydrogen-bond donors (Lipinski definition) is 3. The third kappa shape index (κ3) is 4.75. The number of fused-ring (bicyclic) bond motifs is 1. The summed E-state index contributed by atoms with van der Waals surface area (Å²) in [7, 11) is 1.70. The van der Waals surface area contributed by atoms with Gasteiger partial charge in [0.25, 0.3) is 0 Å². The molecule has 2 aliphatic heterocycles. The highest BCUT2D eigenvalue weighted by molar-refractivity contribution is 7.99. The van der Waals surface area contributed by atoms with E-state index < -0.39 is 0 Å². The zero-order valence-electron chi connectivity index (χ0n) is 16.5. The van der Waals surface area contributed by atoms with E-state index in [-0.39, 0.29) is 24.0 Å². The lowest BCUT2D eigenvalue weighted by molar-refractivity contribution is -0.130. The Balaban J connectivity index is 1.32. The fourth-order valence-corrected chi connectivity index (χ4v) is 5.70. The molecule has 1 saturated carbocycles. The first kappa shape index (κ1) is 19.9. The molecule has 1 aromatic rings. The van der Waals surface area contributed by atoms with Gasteiger partial charge >= 0.3 is 0 Å². The summed E-state index contributed by atoms with van der Waals surface area (Å²) in [6, 6.07) is 8.61. The lowest BCUT2D eigenvalue weighted by Crippen LogP contribution is -2.64. The van der Waals surface area contributed by atoms with E-state index >= 15 is 0 Å². The quantitative estimate of drug-likeness (QED) is 0.676. The zero-order chi connectivity index (χ0) is 19.3. The summed E-state index contributed by atoms with van der Waals surface area (Å²) >= 11 is 1.96. The summed E-state index contributed by atoms with van der Waals surface area (Å²) in [6.45, 7) is 1.73. The van der Waals surface area contributed by atoms with Crippen LogP contribution in [0, 0.1) is 5.92 Å². The van der Waals surface area contributed by atoms with Gasteiger partial charge in [0.15, 0.2) is 0 Å². The zero-order valence-corrected chi connectivity index (χ0v) is 17.3. The van der Waals surface area contributed by atoms with Crippen molar-refractivity contribution in [3.63, 3.8) is 0 Å². The van der Waals surface area contributed by atoms with E-state index in [0.717, 1.165) is 62.5 Å². The number of ether oxygens (including phenoxy) is 2. The third-order valence-corrected chi connectivity index (χ3v) is 7.52. The number of carbonyl (C=O) groups is 1. The SMILES string of the molecule is COc1ccccc1NC1CCC2C(=O)NC(CSC3CCOCC3)NC2C1. The normalized spacial score (nSPS) is 31.0. The molecule has 28 heavy (non-hydrogen) atoms. The van der Waals surface area contributed by atoms with Crippen LogP contribution in [0.4, 0.5) is 5.69 Å². The van der Waals surface area contributed by atoms with E-state index in [9.17, 15) is 4.79 Å². The molecule has 2 heterocycles. The topological polar surface area (TPSA) is 71.6 Å². The fourth-order valence-electron chi connectivity index (χ4n) is 4.53. The maximum absolute atomic E-state index is 12.6. The molecule has 4 unspecified atom stereocenters. The Bertz CT molecular complexity index is 668. The molecule has 0 radical (unpaired) electrons. The Labute approximate surface area is 171 Å². The van der Waals surface area contributed by atoms with Gasteiger partial charge in [-0.15, -0.1) is 0 Å². The molecule has 0 bridgehead atoms. The van der Waals surface area contributed by atoms with E-state index in [1.165, 1.54) is 0 Å². The molecule has 4 rings (SSSR count). The second-order valence-electron chi connectivity index (χ2n) is 7.94. The number of thioether (sulfide) groups is 1. The number of amides is 1. The first-order valence-electron chi connectivity index (χ1n) is 10.4. The summed E-state index contributed by atoms with van der Waals surface area (Å²) in [4.78, 5) is 12.6. The predicted octanol–water partition coefficient (Wildman–Crippen LogP) is 2.60. The van der Waals surface area contributed by atoms with Crippen molar-refractivity contribution < 1.29 is 14.3 Å². The molecule has 2 saturated heterocycles. The molecule has 1 aliphatic carbocycles. The summed E-state index contributed by atoms with van der Waals surface area (Å²) in [5, 5.41) is 11.2. The van der Waals surface area contributed by atoms with Crippen LogP contribution in [0.3, 0.4) is 0 Å². The van der Waals surface area contributed by atoms with Gasteiger partial charge in [0, 0.05) is 36.3 Å². The molecule has 3 fully saturated rings. The van der Waals surface area contributed by atoms with E-state index in [1.807, 2.05) is 30.0 Å². The highest BCUT2D eigenvalue weighted by atomic mass is 32.2. The van der Waals surface area contributed by atoms with E-state index in [4.69, 9.17) is 9.47 Å².